The zero-order valence-corrected chi connectivity index (χ0v) is 10.9. The fourth-order valence-electron chi connectivity index (χ4n) is 3.41. The van der Waals surface area contributed by atoms with E-state index in [4.69, 9.17) is 0 Å². The molecule has 0 saturated carbocycles. The van der Waals surface area contributed by atoms with Crippen molar-refractivity contribution < 1.29 is 0 Å². The van der Waals surface area contributed by atoms with Crippen molar-refractivity contribution in [3.63, 3.8) is 0 Å². The average Bonchev–Trinajstić information content (AvgIpc) is 2.64. The van der Waals surface area contributed by atoms with E-state index in [0.29, 0.717) is 6.04 Å². The second kappa shape index (κ2) is 4.34. The smallest absolute Gasteiger partial charge is 0.0347 e. The Morgan fingerprint density at radius 3 is 2.53 bits per heavy atom. The summed E-state index contributed by atoms with van der Waals surface area (Å²) in [5.74, 6) is 0.865. The molecule has 2 fully saturated rings. The van der Waals surface area contributed by atoms with Gasteiger partial charge in [0.15, 0.2) is 0 Å². The SMILES string of the molecule is Cc1cc(C)cc(NC2CCN3CCC2C3)c1. The van der Waals surface area contributed by atoms with Crippen molar-refractivity contribution in [2.75, 3.05) is 25.0 Å². The van der Waals surface area contributed by atoms with Crippen LogP contribution in [0.3, 0.4) is 0 Å². The van der Waals surface area contributed by atoms with Crippen molar-refractivity contribution in [2.24, 2.45) is 5.92 Å². The summed E-state index contributed by atoms with van der Waals surface area (Å²) in [5, 5.41) is 3.76. The molecule has 3 rings (SSSR count). The summed E-state index contributed by atoms with van der Waals surface area (Å²) in [6.07, 6.45) is 2.68. The summed E-state index contributed by atoms with van der Waals surface area (Å²) < 4.78 is 0. The van der Waals surface area contributed by atoms with Gasteiger partial charge >= 0.3 is 0 Å². The van der Waals surface area contributed by atoms with Gasteiger partial charge in [0.2, 0.25) is 0 Å². The maximum Gasteiger partial charge on any atom is 0.0347 e. The minimum Gasteiger partial charge on any atom is -0.382 e. The molecule has 1 aromatic carbocycles. The van der Waals surface area contributed by atoms with Crippen LogP contribution in [0.4, 0.5) is 5.69 Å². The molecule has 2 heteroatoms. The van der Waals surface area contributed by atoms with Gasteiger partial charge in [0.25, 0.3) is 0 Å². The molecule has 1 aromatic rings. The van der Waals surface area contributed by atoms with Gasteiger partial charge in [0, 0.05) is 24.8 Å². The molecule has 0 radical (unpaired) electrons. The largest absolute Gasteiger partial charge is 0.382 e. The molecule has 2 saturated heterocycles. The third-order valence-corrected chi connectivity index (χ3v) is 4.21. The number of anilines is 1. The van der Waals surface area contributed by atoms with Crippen LogP contribution in [0.5, 0.6) is 0 Å². The number of nitrogens with zero attached hydrogens (tertiary/aromatic N) is 1. The normalized spacial score (nSPS) is 31.5. The Bertz CT molecular complexity index is 393. The first kappa shape index (κ1) is 11.1. The number of piperidine rings is 1. The van der Waals surface area contributed by atoms with Crippen LogP contribution in [0.15, 0.2) is 18.2 Å². The van der Waals surface area contributed by atoms with E-state index < -0.39 is 0 Å². The number of aryl methyl sites for hydroxylation is 2. The van der Waals surface area contributed by atoms with Gasteiger partial charge in [-0.1, -0.05) is 6.07 Å². The standard InChI is InChI=1S/C15H22N2/c1-11-7-12(2)9-14(8-11)16-15-4-6-17-5-3-13(15)10-17/h7-9,13,15-16H,3-6,10H2,1-2H3. The van der Waals surface area contributed by atoms with Crippen molar-refractivity contribution in [1.29, 1.82) is 0 Å². The first-order chi connectivity index (χ1) is 8.20. The van der Waals surface area contributed by atoms with Crippen LogP contribution in [0.1, 0.15) is 24.0 Å². The molecule has 3 atom stereocenters. The summed E-state index contributed by atoms with van der Waals surface area (Å²) in [5.41, 5.74) is 4.03. The summed E-state index contributed by atoms with van der Waals surface area (Å²) in [6.45, 7) is 8.25. The second-order valence-corrected chi connectivity index (χ2v) is 5.77. The summed E-state index contributed by atoms with van der Waals surface area (Å²) in [7, 11) is 0. The molecule has 2 bridgehead atoms. The fourth-order valence-corrected chi connectivity index (χ4v) is 3.41. The van der Waals surface area contributed by atoms with Crippen LogP contribution in [-0.4, -0.2) is 30.6 Å². The quantitative estimate of drug-likeness (QED) is 0.840. The molecule has 2 heterocycles. The Labute approximate surface area is 104 Å². The number of hydrogen-bond donors (Lipinski definition) is 1. The zero-order valence-electron chi connectivity index (χ0n) is 10.9. The molecule has 2 nitrogen and oxygen atoms in total. The predicted octanol–water partition coefficient (Wildman–Crippen LogP) is 2.81. The van der Waals surface area contributed by atoms with Crippen molar-refractivity contribution in [2.45, 2.75) is 32.7 Å². The van der Waals surface area contributed by atoms with Crippen molar-refractivity contribution in [3.8, 4) is 0 Å². The van der Waals surface area contributed by atoms with E-state index in [-0.39, 0.29) is 0 Å². The lowest BCUT2D eigenvalue weighted by atomic mass is 9.94. The molecular weight excluding hydrogens is 208 g/mol. The molecule has 3 unspecified atom stereocenters. The van der Waals surface area contributed by atoms with Gasteiger partial charge in [-0.3, -0.25) is 0 Å². The topological polar surface area (TPSA) is 15.3 Å². The van der Waals surface area contributed by atoms with E-state index in [1.54, 1.807) is 0 Å². The molecule has 2 aliphatic heterocycles. The van der Waals surface area contributed by atoms with E-state index in [0.717, 1.165) is 5.92 Å². The van der Waals surface area contributed by atoms with Crippen molar-refractivity contribution >= 4 is 5.69 Å². The maximum atomic E-state index is 3.76. The van der Waals surface area contributed by atoms with E-state index in [2.05, 4.69) is 42.3 Å². The van der Waals surface area contributed by atoms with Gasteiger partial charge in [-0.2, -0.15) is 0 Å². The van der Waals surface area contributed by atoms with E-state index in [1.165, 1.54) is 49.3 Å². The van der Waals surface area contributed by atoms with Crippen LogP contribution >= 0.6 is 0 Å². The Kier molecular flexibility index (Phi) is 2.83. The monoisotopic (exact) mass is 230 g/mol. The predicted molar refractivity (Wildman–Crippen MR) is 72.5 cm³/mol. The fraction of sp³-hybridized carbons (Fsp3) is 0.600. The average molecular weight is 230 g/mol. The first-order valence-electron chi connectivity index (χ1n) is 6.78. The number of hydrogen-bond acceptors (Lipinski definition) is 2. The minimum absolute atomic E-state index is 0.690. The number of rotatable bonds is 2. The van der Waals surface area contributed by atoms with Gasteiger partial charge in [0.1, 0.15) is 0 Å². The lowest BCUT2D eigenvalue weighted by Gasteiger charge is -2.31. The Morgan fingerprint density at radius 1 is 1.06 bits per heavy atom. The Morgan fingerprint density at radius 2 is 1.76 bits per heavy atom. The molecule has 2 aliphatic rings. The van der Waals surface area contributed by atoms with Gasteiger partial charge in [-0.25, -0.2) is 0 Å². The van der Waals surface area contributed by atoms with Crippen LogP contribution in [0.25, 0.3) is 0 Å². The van der Waals surface area contributed by atoms with Gasteiger partial charge in [-0.15, -0.1) is 0 Å². The molecule has 0 spiro atoms. The lowest BCUT2D eigenvalue weighted by molar-refractivity contribution is 0.255. The van der Waals surface area contributed by atoms with E-state index in [9.17, 15) is 0 Å². The lowest BCUT2D eigenvalue weighted by Crippen LogP contribution is -2.39. The van der Waals surface area contributed by atoms with Gasteiger partial charge in [-0.05, 0) is 62.4 Å². The molecule has 0 aliphatic carbocycles. The maximum absolute atomic E-state index is 3.76. The molecule has 1 N–H and O–H groups in total. The number of fused-ring (bicyclic) bond motifs is 2. The summed E-state index contributed by atoms with van der Waals surface area (Å²) in [4.78, 5) is 2.60. The highest BCUT2D eigenvalue weighted by molar-refractivity contribution is 5.49. The minimum atomic E-state index is 0.690. The highest BCUT2D eigenvalue weighted by Crippen LogP contribution is 2.29. The third-order valence-electron chi connectivity index (χ3n) is 4.21. The molecule has 92 valence electrons. The third kappa shape index (κ3) is 2.32. The van der Waals surface area contributed by atoms with Crippen LogP contribution in [-0.2, 0) is 0 Å². The van der Waals surface area contributed by atoms with Gasteiger partial charge < -0.3 is 10.2 Å². The Balaban J connectivity index is 1.73. The van der Waals surface area contributed by atoms with Crippen molar-refractivity contribution in [3.05, 3.63) is 29.3 Å². The van der Waals surface area contributed by atoms with Crippen LogP contribution < -0.4 is 5.32 Å². The second-order valence-electron chi connectivity index (χ2n) is 5.77. The molecular formula is C15H22N2. The zero-order chi connectivity index (χ0) is 11.8. The molecule has 0 aromatic heterocycles. The summed E-state index contributed by atoms with van der Waals surface area (Å²) >= 11 is 0. The van der Waals surface area contributed by atoms with Crippen molar-refractivity contribution in [1.82, 2.24) is 4.90 Å². The highest BCUT2D eigenvalue weighted by Gasteiger charge is 2.33. The van der Waals surface area contributed by atoms with E-state index >= 15 is 0 Å². The highest BCUT2D eigenvalue weighted by atomic mass is 15.2. The Hall–Kier alpha value is -1.02. The molecule has 17 heavy (non-hydrogen) atoms. The number of benzene rings is 1. The summed E-state index contributed by atoms with van der Waals surface area (Å²) in [6, 6.07) is 7.47. The van der Waals surface area contributed by atoms with Crippen LogP contribution in [0, 0.1) is 19.8 Å². The number of nitrogens with one attached hydrogen (secondary N) is 1. The van der Waals surface area contributed by atoms with E-state index in [1.807, 2.05) is 0 Å². The van der Waals surface area contributed by atoms with Gasteiger partial charge in [0.05, 0.1) is 0 Å². The van der Waals surface area contributed by atoms with Crippen LogP contribution in [0.2, 0.25) is 0 Å². The molecule has 0 amide bonds. The first-order valence-corrected chi connectivity index (χ1v) is 6.78.